The van der Waals surface area contributed by atoms with Crippen molar-refractivity contribution in [3.63, 3.8) is 0 Å². The summed E-state index contributed by atoms with van der Waals surface area (Å²) in [4.78, 5) is 7.17. The van der Waals surface area contributed by atoms with E-state index in [1.165, 1.54) is 49.4 Å². The highest BCUT2D eigenvalue weighted by molar-refractivity contribution is 7.18. The molecule has 0 radical (unpaired) electrons. The van der Waals surface area contributed by atoms with Crippen LogP contribution in [0.5, 0.6) is 0 Å². The predicted octanol–water partition coefficient (Wildman–Crippen LogP) is 4.73. The number of hydrogen-bond acceptors (Lipinski definition) is 3. The fourth-order valence-electron chi connectivity index (χ4n) is 4.82. The molecule has 128 valence electrons. The third-order valence-electron chi connectivity index (χ3n) is 6.50. The van der Waals surface area contributed by atoms with Gasteiger partial charge in [-0.2, -0.15) is 13.2 Å². The number of hydrogen-bond donors (Lipinski definition) is 0. The Morgan fingerprint density at radius 1 is 1.38 bits per heavy atom. The maximum absolute atomic E-state index is 12.8. The maximum atomic E-state index is 12.8. The summed E-state index contributed by atoms with van der Waals surface area (Å²) < 4.78 is 39.1. The lowest BCUT2D eigenvalue weighted by Crippen LogP contribution is -2.31. The van der Waals surface area contributed by atoms with Crippen LogP contribution in [0.1, 0.15) is 36.8 Å². The van der Waals surface area contributed by atoms with Crippen LogP contribution >= 0.6 is 11.3 Å². The van der Waals surface area contributed by atoms with E-state index in [-0.39, 0.29) is 0 Å². The molecule has 6 heteroatoms. The summed E-state index contributed by atoms with van der Waals surface area (Å²) in [6, 6.07) is 3.86. The van der Waals surface area contributed by atoms with E-state index in [0.717, 1.165) is 29.8 Å². The number of halogens is 3. The second kappa shape index (κ2) is 4.52. The van der Waals surface area contributed by atoms with Gasteiger partial charge in [-0.15, -0.1) is 11.3 Å². The van der Waals surface area contributed by atoms with Crippen molar-refractivity contribution >= 4 is 21.6 Å². The number of thiazole rings is 1. The number of aryl methyl sites for hydroxylation is 1. The predicted molar refractivity (Wildman–Crippen MR) is 88.1 cm³/mol. The molecular formula is C18H19F3N2S. The highest BCUT2D eigenvalue weighted by Gasteiger charge is 2.75. The van der Waals surface area contributed by atoms with Crippen molar-refractivity contribution in [1.29, 1.82) is 0 Å². The fraction of sp³-hybridized carbons (Fsp3) is 0.611. The van der Waals surface area contributed by atoms with Crippen LogP contribution in [-0.2, 0) is 12.6 Å². The molecule has 4 unspecified atom stereocenters. The van der Waals surface area contributed by atoms with Gasteiger partial charge < -0.3 is 0 Å². The first-order valence-corrected chi connectivity index (χ1v) is 9.34. The molecule has 2 aliphatic heterocycles. The number of alkyl halides is 3. The van der Waals surface area contributed by atoms with Crippen molar-refractivity contribution in [3.05, 3.63) is 28.8 Å². The Hall–Kier alpha value is -1.14. The monoisotopic (exact) mass is 352 g/mol. The minimum Gasteiger partial charge on any atom is -0.294 e. The zero-order chi connectivity index (χ0) is 16.7. The highest BCUT2D eigenvalue weighted by Crippen LogP contribution is 2.70. The first-order chi connectivity index (χ1) is 11.3. The SMILES string of the molecule is CC1(CCc2nc3ccc(C(F)(F)F)cc3s2)CCN2CC23CC13. The number of fused-ring (bicyclic) bond motifs is 1. The summed E-state index contributed by atoms with van der Waals surface area (Å²) in [7, 11) is 0. The molecule has 5 rings (SSSR count). The van der Waals surface area contributed by atoms with Crippen LogP contribution in [0.3, 0.4) is 0 Å². The summed E-state index contributed by atoms with van der Waals surface area (Å²) in [5.41, 5.74) is 1.04. The molecule has 1 aromatic heterocycles. The maximum Gasteiger partial charge on any atom is 0.416 e. The van der Waals surface area contributed by atoms with E-state index >= 15 is 0 Å². The number of aromatic nitrogens is 1. The third-order valence-corrected chi connectivity index (χ3v) is 7.58. The van der Waals surface area contributed by atoms with Crippen molar-refractivity contribution in [2.75, 3.05) is 13.1 Å². The second-order valence-electron chi connectivity index (χ2n) is 7.97. The molecule has 3 fully saturated rings. The van der Waals surface area contributed by atoms with E-state index < -0.39 is 11.7 Å². The first kappa shape index (κ1) is 15.1. The number of rotatable bonds is 3. The van der Waals surface area contributed by atoms with Crippen LogP contribution in [0.15, 0.2) is 18.2 Å². The molecule has 2 aromatic rings. The van der Waals surface area contributed by atoms with Crippen LogP contribution in [0.2, 0.25) is 0 Å². The molecule has 1 aromatic carbocycles. The highest BCUT2D eigenvalue weighted by atomic mass is 32.1. The van der Waals surface area contributed by atoms with Gasteiger partial charge in [-0.1, -0.05) is 6.92 Å². The Bertz CT molecular complexity index is 829. The van der Waals surface area contributed by atoms with E-state index in [2.05, 4.69) is 16.8 Å². The van der Waals surface area contributed by atoms with Gasteiger partial charge in [-0.05, 0) is 61.8 Å². The summed E-state index contributed by atoms with van der Waals surface area (Å²) in [6.45, 7) is 4.90. The molecule has 1 spiro atoms. The zero-order valence-electron chi connectivity index (χ0n) is 13.5. The molecule has 4 atom stereocenters. The van der Waals surface area contributed by atoms with Gasteiger partial charge in [0.15, 0.2) is 0 Å². The Balaban J connectivity index is 1.34. The molecule has 2 nitrogen and oxygen atoms in total. The second-order valence-corrected chi connectivity index (χ2v) is 9.09. The Labute approximate surface area is 142 Å². The van der Waals surface area contributed by atoms with Gasteiger partial charge in [-0.25, -0.2) is 4.98 Å². The molecule has 3 heterocycles. The van der Waals surface area contributed by atoms with Crippen molar-refractivity contribution in [2.45, 2.75) is 44.3 Å². The lowest BCUT2D eigenvalue weighted by atomic mass is 9.75. The summed E-state index contributed by atoms with van der Waals surface area (Å²) in [6.07, 6.45) is 0.272. The van der Waals surface area contributed by atoms with Crippen molar-refractivity contribution < 1.29 is 13.2 Å². The van der Waals surface area contributed by atoms with Crippen LogP contribution in [0.25, 0.3) is 10.2 Å². The van der Waals surface area contributed by atoms with Gasteiger partial charge in [0.25, 0.3) is 0 Å². The summed E-state index contributed by atoms with van der Waals surface area (Å²) in [5, 5.41) is 0.971. The quantitative estimate of drug-likeness (QED) is 0.742. The molecule has 3 aliphatic rings. The number of nitrogens with zero attached hydrogens (tertiary/aromatic N) is 2. The van der Waals surface area contributed by atoms with E-state index in [9.17, 15) is 13.2 Å². The minimum absolute atomic E-state index is 0.377. The van der Waals surface area contributed by atoms with Gasteiger partial charge >= 0.3 is 6.18 Å². The lowest BCUT2D eigenvalue weighted by molar-refractivity contribution is -0.137. The number of benzene rings is 1. The van der Waals surface area contributed by atoms with Gasteiger partial charge in [0.1, 0.15) is 0 Å². The topological polar surface area (TPSA) is 15.9 Å². The van der Waals surface area contributed by atoms with Gasteiger partial charge in [0, 0.05) is 12.1 Å². The van der Waals surface area contributed by atoms with E-state index in [4.69, 9.17) is 0 Å². The fourth-order valence-corrected chi connectivity index (χ4v) is 5.83. The van der Waals surface area contributed by atoms with Gasteiger partial charge in [0.2, 0.25) is 0 Å². The average Bonchev–Trinajstić information content (AvgIpc) is 3.38. The minimum atomic E-state index is -4.29. The molecule has 0 N–H and O–H groups in total. The molecule has 0 amide bonds. The molecule has 0 bridgehead atoms. The van der Waals surface area contributed by atoms with E-state index in [1.54, 1.807) is 0 Å². The average molecular weight is 352 g/mol. The van der Waals surface area contributed by atoms with Crippen LogP contribution < -0.4 is 0 Å². The van der Waals surface area contributed by atoms with Gasteiger partial charge in [0.05, 0.1) is 20.8 Å². The molecule has 1 saturated carbocycles. The summed E-state index contributed by atoms with van der Waals surface area (Å²) in [5.74, 6) is 0.824. The van der Waals surface area contributed by atoms with Crippen molar-refractivity contribution in [2.24, 2.45) is 11.3 Å². The smallest absolute Gasteiger partial charge is 0.294 e. The molecule has 24 heavy (non-hydrogen) atoms. The van der Waals surface area contributed by atoms with Gasteiger partial charge in [-0.3, -0.25) is 4.90 Å². The van der Waals surface area contributed by atoms with Crippen molar-refractivity contribution in [1.82, 2.24) is 9.88 Å². The normalized spacial score (nSPS) is 37.2. The molecular weight excluding hydrogens is 333 g/mol. The van der Waals surface area contributed by atoms with Crippen LogP contribution in [0, 0.1) is 11.3 Å². The number of piperidine rings is 1. The molecule has 2 saturated heterocycles. The standard InChI is InChI=1S/C18H19F3N2S/c1-16(6-7-23-10-17(23)9-14(16)17)5-4-15-22-12-3-2-11(18(19,20)21)8-13(12)24-15/h2-3,8,14H,4-7,9-10H2,1H3. The Kier molecular flexibility index (Phi) is 2.85. The van der Waals surface area contributed by atoms with E-state index in [1.807, 2.05) is 0 Å². The first-order valence-electron chi connectivity index (χ1n) is 8.52. The zero-order valence-corrected chi connectivity index (χ0v) is 14.3. The lowest BCUT2D eigenvalue weighted by Gasteiger charge is -2.33. The third kappa shape index (κ3) is 2.15. The van der Waals surface area contributed by atoms with Crippen LogP contribution in [0.4, 0.5) is 13.2 Å². The molecule has 1 aliphatic carbocycles. The Morgan fingerprint density at radius 2 is 2.21 bits per heavy atom. The largest absolute Gasteiger partial charge is 0.416 e. The van der Waals surface area contributed by atoms with E-state index in [0.29, 0.717) is 21.2 Å². The summed E-state index contributed by atoms with van der Waals surface area (Å²) >= 11 is 1.42. The Morgan fingerprint density at radius 3 is 3.00 bits per heavy atom. The van der Waals surface area contributed by atoms with Crippen molar-refractivity contribution in [3.8, 4) is 0 Å². The van der Waals surface area contributed by atoms with Crippen LogP contribution in [-0.4, -0.2) is 28.5 Å².